The number of hydrogen-bond acceptors (Lipinski definition) is 6. The highest BCUT2D eigenvalue weighted by Crippen LogP contribution is 2.41. The largest absolute Gasteiger partial charge is 0.465 e. The van der Waals surface area contributed by atoms with E-state index in [9.17, 15) is 9.59 Å². The average molecular weight is 308 g/mol. The lowest BCUT2D eigenvalue weighted by Gasteiger charge is -2.04. The van der Waals surface area contributed by atoms with Gasteiger partial charge in [0.05, 0.1) is 17.7 Å². The molecule has 5 nitrogen and oxygen atoms in total. The fourth-order valence-corrected chi connectivity index (χ4v) is 3.07. The van der Waals surface area contributed by atoms with Crippen molar-refractivity contribution in [1.29, 1.82) is 0 Å². The topological polar surface area (TPSA) is 81.4 Å². The first-order valence-corrected chi connectivity index (χ1v) is 7.69. The number of methoxy groups -OCH3 is 1. The SMILES string of the molecule is COC(=O)c1c(NCC=C(C)C)sc(C(=O)C2CC2)c1N. The van der Waals surface area contributed by atoms with Crippen LogP contribution in [0.15, 0.2) is 11.6 Å². The first-order valence-electron chi connectivity index (χ1n) is 6.87. The number of carbonyl (C=O) groups excluding carboxylic acids is 2. The average Bonchev–Trinajstić information content (AvgIpc) is 3.22. The molecule has 0 radical (unpaired) electrons. The van der Waals surface area contributed by atoms with E-state index >= 15 is 0 Å². The highest BCUT2D eigenvalue weighted by Gasteiger charge is 2.35. The third kappa shape index (κ3) is 3.44. The molecule has 0 amide bonds. The third-order valence-corrected chi connectivity index (χ3v) is 4.46. The van der Waals surface area contributed by atoms with Crippen LogP contribution in [0.2, 0.25) is 0 Å². The first-order chi connectivity index (χ1) is 9.95. The van der Waals surface area contributed by atoms with Gasteiger partial charge in [-0.2, -0.15) is 0 Å². The minimum Gasteiger partial charge on any atom is -0.465 e. The molecule has 0 atom stereocenters. The summed E-state index contributed by atoms with van der Waals surface area (Å²) in [5.74, 6) is -0.404. The lowest BCUT2D eigenvalue weighted by atomic mass is 10.1. The number of ether oxygens (including phenoxy) is 1. The second kappa shape index (κ2) is 6.30. The van der Waals surface area contributed by atoms with E-state index < -0.39 is 5.97 Å². The Balaban J connectivity index is 2.32. The zero-order chi connectivity index (χ0) is 15.6. The van der Waals surface area contributed by atoms with Crippen molar-refractivity contribution in [3.05, 3.63) is 22.1 Å². The highest BCUT2D eigenvalue weighted by molar-refractivity contribution is 7.19. The molecule has 1 fully saturated rings. The summed E-state index contributed by atoms with van der Waals surface area (Å²) in [6, 6.07) is 0. The molecule has 0 spiro atoms. The fraction of sp³-hybridized carbons (Fsp3) is 0.467. The van der Waals surface area contributed by atoms with Gasteiger partial charge in [0, 0.05) is 12.5 Å². The monoisotopic (exact) mass is 308 g/mol. The van der Waals surface area contributed by atoms with Crippen molar-refractivity contribution in [2.75, 3.05) is 24.7 Å². The molecule has 21 heavy (non-hydrogen) atoms. The van der Waals surface area contributed by atoms with E-state index in [1.807, 2.05) is 19.9 Å². The van der Waals surface area contributed by atoms with Crippen LogP contribution in [0.5, 0.6) is 0 Å². The van der Waals surface area contributed by atoms with Gasteiger partial charge in [-0.25, -0.2) is 4.79 Å². The van der Waals surface area contributed by atoms with Gasteiger partial charge in [-0.1, -0.05) is 11.6 Å². The van der Waals surface area contributed by atoms with Crippen molar-refractivity contribution in [1.82, 2.24) is 0 Å². The van der Waals surface area contributed by atoms with Crippen LogP contribution in [0.1, 0.15) is 46.7 Å². The second-order valence-electron chi connectivity index (χ2n) is 5.34. The van der Waals surface area contributed by atoms with E-state index in [1.54, 1.807) is 0 Å². The Morgan fingerprint density at radius 1 is 1.43 bits per heavy atom. The number of thiophene rings is 1. The molecular weight excluding hydrogens is 288 g/mol. The predicted octanol–water partition coefficient (Wildman–Crippen LogP) is 3.09. The summed E-state index contributed by atoms with van der Waals surface area (Å²) in [5.41, 5.74) is 7.69. The van der Waals surface area contributed by atoms with Crippen LogP contribution >= 0.6 is 11.3 Å². The third-order valence-electron chi connectivity index (χ3n) is 3.28. The number of nitrogens with one attached hydrogen (secondary N) is 1. The van der Waals surface area contributed by atoms with Crippen molar-refractivity contribution in [3.63, 3.8) is 0 Å². The van der Waals surface area contributed by atoms with Gasteiger partial charge in [0.25, 0.3) is 0 Å². The molecule has 1 saturated carbocycles. The van der Waals surface area contributed by atoms with Gasteiger partial charge < -0.3 is 15.8 Å². The molecule has 2 rings (SSSR count). The smallest absolute Gasteiger partial charge is 0.343 e. The van der Waals surface area contributed by atoms with Crippen molar-refractivity contribution in [2.24, 2.45) is 5.92 Å². The van der Waals surface area contributed by atoms with Crippen LogP contribution in [-0.2, 0) is 4.74 Å². The Kier molecular flexibility index (Phi) is 4.67. The van der Waals surface area contributed by atoms with Gasteiger partial charge in [0.1, 0.15) is 10.6 Å². The number of esters is 1. The predicted molar refractivity (Wildman–Crippen MR) is 85.0 cm³/mol. The number of rotatable bonds is 6. The minimum absolute atomic E-state index is 0.0397. The summed E-state index contributed by atoms with van der Waals surface area (Å²) in [5, 5.41) is 3.74. The quantitative estimate of drug-likeness (QED) is 0.479. The van der Waals surface area contributed by atoms with E-state index in [0.29, 0.717) is 16.4 Å². The van der Waals surface area contributed by atoms with Gasteiger partial charge in [-0.3, -0.25) is 4.79 Å². The number of ketones is 1. The summed E-state index contributed by atoms with van der Waals surface area (Å²) >= 11 is 1.24. The number of Topliss-reactive ketones (excluding diaryl/α,β-unsaturated/α-hetero) is 1. The lowest BCUT2D eigenvalue weighted by Crippen LogP contribution is -2.09. The standard InChI is InChI=1S/C15H20N2O3S/c1-8(2)6-7-17-14-10(15(19)20-3)11(16)13(21-14)12(18)9-4-5-9/h6,9,17H,4-5,7,16H2,1-3H3. The zero-order valence-electron chi connectivity index (χ0n) is 12.5. The van der Waals surface area contributed by atoms with E-state index in [1.165, 1.54) is 24.0 Å². The molecule has 0 bridgehead atoms. The van der Waals surface area contributed by atoms with Crippen LogP contribution in [0.25, 0.3) is 0 Å². The number of nitrogen functional groups attached to an aromatic ring is 1. The highest BCUT2D eigenvalue weighted by atomic mass is 32.1. The van der Waals surface area contributed by atoms with Crippen molar-refractivity contribution < 1.29 is 14.3 Å². The second-order valence-corrected chi connectivity index (χ2v) is 6.36. The summed E-state index contributed by atoms with van der Waals surface area (Å²) in [7, 11) is 1.31. The van der Waals surface area contributed by atoms with Crippen molar-refractivity contribution in [2.45, 2.75) is 26.7 Å². The van der Waals surface area contributed by atoms with Gasteiger partial charge in [0.2, 0.25) is 0 Å². The Morgan fingerprint density at radius 2 is 2.10 bits per heavy atom. The molecule has 0 saturated heterocycles. The Hall–Kier alpha value is -1.82. The van der Waals surface area contributed by atoms with E-state index in [0.717, 1.165) is 12.8 Å². The molecule has 1 heterocycles. The Morgan fingerprint density at radius 3 is 2.62 bits per heavy atom. The molecule has 3 N–H and O–H groups in total. The number of anilines is 2. The molecule has 1 aromatic heterocycles. The van der Waals surface area contributed by atoms with E-state index in [-0.39, 0.29) is 23.0 Å². The van der Waals surface area contributed by atoms with Crippen LogP contribution in [0, 0.1) is 5.92 Å². The van der Waals surface area contributed by atoms with Crippen LogP contribution in [-0.4, -0.2) is 25.4 Å². The maximum atomic E-state index is 12.2. The Bertz CT molecular complexity index is 596. The number of nitrogens with two attached hydrogens (primary N) is 1. The first kappa shape index (κ1) is 15.6. The van der Waals surface area contributed by atoms with Crippen LogP contribution < -0.4 is 11.1 Å². The van der Waals surface area contributed by atoms with Gasteiger partial charge >= 0.3 is 5.97 Å². The maximum Gasteiger partial charge on any atom is 0.343 e. The summed E-state index contributed by atoms with van der Waals surface area (Å²) < 4.78 is 4.78. The lowest BCUT2D eigenvalue weighted by molar-refractivity contribution is 0.0603. The zero-order valence-corrected chi connectivity index (χ0v) is 13.3. The molecular formula is C15H20N2O3S. The fourth-order valence-electron chi connectivity index (χ4n) is 1.93. The summed E-state index contributed by atoms with van der Waals surface area (Å²) in [4.78, 5) is 24.6. The van der Waals surface area contributed by atoms with E-state index in [4.69, 9.17) is 10.5 Å². The maximum absolute atomic E-state index is 12.2. The van der Waals surface area contributed by atoms with Gasteiger partial charge in [0.15, 0.2) is 5.78 Å². The number of allylic oxidation sites excluding steroid dienone is 1. The molecule has 1 aliphatic rings. The van der Waals surface area contributed by atoms with Crippen molar-refractivity contribution in [3.8, 4) is 0 Å². The molecule has 1 aromatic rings. The molecule has 0 aliphatic heterocycles. The minimum atomic E-state index is -0.515. The Labute approximate surface area is 128 Å². The molecule has 114 valence electrons. The van der Waals surface area contributed by atoms with Crippen LogP contribution in [0.4, 0.5) is 10.7 Å². The number of hydrogen-bond donors (Lipinski definition) is 2. The number of carbonyl (C=O) groups is 2. The normalized spacial score (nSPS) is 13.7. The van der Waals surface area contributed by atoms with E-state index in [2.05, 4.69) is 5.32 Å². The molecule has 0 aromatic carbocycles. The van der Waals surface area contributed by atoms with Gasteiger partial charge in [-0.15, -0.1) is 11.3 Å². The van der Waals surface area contributed by atoms with Gasteiger partial charge in [-0.05, 0) is 26.7 Å². The summed E-state index contributed by atoms with van der Waals surface area (Å²) in [6.45, 7) is 4.56. The van der Waals surface area contributed by atoms with Crippen LogP contribution in [0.3, 0.4) is 0 Å². The molecule has 1 aliphatic carbocycles. The molecule has 0 unspecified atom stereocenters. The summed E-state index contributed by atoms with van der Waals surface area (Å²) in [6.07, 6.45) is 3.81. The van der Waals surface area contributed by atoms with Crippen molar-refractivity contribution >= 4 is 33.8 Å². The molecule has 6 heteroatoms.